The fourth-order valence-electron chi connectivity index (χ4n) is 2.27. The van der Waals surface area contributed by atoms with Crippen LogP contribution in [0.15, 0.2) is 0 Å². The van der Waals surface area contributed by atoms with Crippen LogP contribution < -0.4 is 0 Å². The number of ketones is 1. The number of carboxylic acid groups (broad SMARTS) is 1. The van der Waals surface area contributed by atoms with E-state index in [0.29, 0.717) is 6.42 Å². The van der Waals surface area contributed by atoms with Gasteiger partial charge in [-0.05, 0) is 18.8 Å². The maximum absolute atomic E-state index is 11.5. The molecule has 1 saturated carbocycles. The average molecular weight is 260 g/mol. The van der Waals surface area contributed by atoms with Gasteiger partial charge in [0.15, 0.2) is 0 Å². The molecule has 0 radical (unpaired) electrons. The predicted molar refractivity (Wildman–Crippen MR) is 67.2 cm³/mol. The highest BCUT2D eigenvalue weighted by molar-refractivity contribution is 5.84. The number of aliphatic hydroxyl groups is 2. The summed E-state index contributed by atoms with van der Waals surface area (Å²) in [6.45, 7) is 1.84. The number of carbonyl (C=O) groups is 2. The van der Waals surface area contributed by atoms with Gasteiger partial charge in [0.05, 0.1) is 13.2 Å². The van der Waals surface area contributed by atoms with Gasteiger partial charge in [-0.1, -0.05) is 19.8 Å². The summed E-state index contributed by atoms with van der Waals surface area (Å²) in [5, 5.41) is 23.9. The van der Waals surface area contributed by atoms with E-state index in [9.17, 15) is 9.59 Å². The molecule has 3 N–H and O–H groups in total. The number of carbonyl (C=O) groups excluding carboxylic acids is 1. The van der Waals surface area contributed by atoms with Crippen molar-refractivity contribution in [1.29, 1.82) is 0 Å². The van der Waals surface area contributed by atoms with Crippen molar-refractivity contribution in [3.8, 4) is 0 Å². The van der Waals surface area contributed by atoms with Crippen LogP contribution in [-0.2, 0) is 9.59 Å². The first-order valence-corrected chi connectivity index (χ1v) is 6.53. The van der Waals surface area contributed by atoms with Gasteiger partial charge in [0.25, 0.3) is 0 Å². The molecule has 1 aliphatic rings. The Morgan fingerprint density at radius 1 is 1.33 bits per heavy atom. The number of aliphatic carboxylic acids is 1. The number of hydrogen-bond donors (Lipinski definition) is 3. The molecule has 0 aromatic rings. The van der Waals surface area contributed by atoms with Gasteiger partial charge in [-0.2, -0.15) is 0 Å². The van der Waals surface area contributed by atoms with Crippen molar-refractivity contribution in [1.82, 2.24) is 0 Å². The molecule has 5 heteroatoms. The number of hydrogen-bond acceptors (Lipinski definition) is 4. The molecule has 0 heterocycles. The van der Waals surface area contributed by atoms with Crippen LogP contribution in [0, 0.1) is 11.8 Å². The van der Waals surface area contributed by atoms with Gasteiger partial charge in [0, 0.05) is 18.8 Å². The predicted octanol–water partition coefficient (Wildman–Crippen LogP) is 1.22. The number of rotatable bonds is 6. The summed E-state index contributed by atoms with van der Waals surface area (Å²) in [5.74, 6) is -0.353. The van der Waals surface area contributed by atoms with Crippen molar-refractivity contribution in [2.75, 3.05) is 13.2 Å². The molecule has 0 amide bonds. The van der Waals surface area contributed by atoms with Crippen LogP contribution >= 0.6 is 0 Å². The highest BCUT2D eigenvalue weighted by Gasteiger charge is 2.34. The van der Waals surface area contributed by atoms with E-state index in [1.807, 2.05) is 0 Å². The summed E-state index contributed by atoms with van der Waals surface area (Å²) < 4.78 is 0. The molecule has 2 atom stereocenters. The molecular formula is C13H24O5. The summed E-state index contributed by atoms with van der Waals surface area (Å²) in [6.07, 6.45) is 4.52. The molecule has 1 fully saturated rings. The lowest BCUT2D eigenvalue weighted by molar-refractivity contribution is -0.138. The van der Waals surface area contributed by atoms with Crippen molar-refractivity contribution >= 4 is 11.8 Å². The lowest BCUT2D eigenvalue weighted by Crippen LogP contribution is -2.17. The Balaban J connectivity index is 0.000000631. The van der Waals surface area contributed by atoms with Gasteiger partial charge in [-0.25, -0.2) is 0 Å². The van der Waals surface area contributed by atoms with Gasteiger partial charge >= 0.3 is 5.97 Å². The van der Waals surface area contributed by atoms with Crippen molar-refractivity contribution in [2.24, 2.45) is 11.8 Å². The SMILES string of the molecule is CCCCC1C(=O)CCC1CC(=O)O.OCCO. The third kappa shape index (κ3) is 6.71. The minimum Gasteiger partial charge on any atom is -0.481 e. The molecule has 0 aromatic carbocycles. The van der Waals surface area contributed by atoms with Crippen LogP contribution in [0.25, 0.3) is 0 Å². The second kappa shape index (κ2) is 10.0. The minimum atomic E-state index is -0.772. The van der Waals surface area contributed by atoms with Crippen LogP contribution in [-0.4, -0.2) is 40.3 Å². The van der Waals surface area contributed by atoms with E-state index in [-0.39, 0.29) is 37.3 Å². The zero-order chi connectivity index (χ0) is 14.0. The summed E-state index contributed by atoms with van der Waals surface area (Å²) in [7, 11) is 0. The Morgan fingerprint density at radius 2 is 1.94 bits per heavy atom. The number of Topliss-reactive ketones (excluding diaryl/α,β-unsaturated/α-hetero) is 1. The molecule has 1 rings (SSSR count). The highest BCUT2D eigenvalue weighted by Crippen LogP contribution is 2.34. The first-order chi connectivity index (χ1) is 8.56. The lowest BCUT2D eigenvalue weighted by Gasteiger charge is -2.15. The van der Waals surface area contributed by atoms with Gasteiger partial charge in [-0.15, -0.1) is 0 Å². The van der Waals surface area contributed by atoms with Crippen molar-refractivity contribution in [2.45, 2.75) is 45.4 Å². The Kier molecular flexibility index (Phi) is 9.50. The monoisotopic (exact) mass is 260 g/mol. The Hall–Kier alpha value is -0.940. The third-order valence-electron chi connectivity index (χ3n) is 3.15. The quantitative estimate of drug-likeness (QED) is 0.667. The standard InChI is InChI=1S/C11H18O3.C2H6O2/c1-2-3-4-9-8(7-11(13)14)5-6-10(9)12;3-1-2-4/h8-9H,2-7H2,1H3,(H,13,14);3-4H,1-2H2. The van der Waals surface area contributed by atoms with E-state index >= 15 is 0 Å². The topological polar surface area (TPSA) is 94.8 Å². The zero-order valence-corrected chi connectivity index (χ0v) is 11.0. The van der Waals surface area contributed by atoms with E-state index in [0.717, 1.165) is 25.7 Å². The van der Waals surface area contributed by atoms with Crippen LogP contribution in [0.4, 0.5) is 0 Å². The van der Waals surface area contributed by atoms with E-state index < -0.39 is 5.97 Å². The van der Waals surface area contributed by atoms with Crippen LogP contribution in [0.5, 0.6) is 0 Å². The van der Waals surface area contributed by atoms with Crippen molar-refractivity contribution < 1.29 is 24.9 Å². The highest BCUT2D eigenvalue weighted by atomic mass is 16.4. The molecule has 106 valence electrons. The minimum absolute atomic E-state index is 0.0334. The maximum Gasteiger partial charge on any atom is 0.303 e. The lowest BCUT2D eigenvalue weighted by atomic mass is 9.88. The molecule has 18 heavy (non-hydrogen) atoms. The van der Waals surface area contributed by atoms with E-state index in [2.05, 4.69) is 6.92 Å². The number of unbranched alkanes of at least 4 members (excludes halogenated alkanes) is 1. The number of aliphatic hydroxyl groups excluding tert-OH is 2. The molecule has 1 aliphatic carbocycles. The second-order valence-corrected chi connectivity index (χ2v) is 4.56. The molecule has 0 aromatic heterocycles. The van der Waals surface area contributed by atoms with E-state index in [1.54, 1.807) is 0 Å². The molecule has 0 spiro atoms. The van der Waals surface area contributed by atoms with E-state index in [4.69, 9.17) is 15.3 Å². The second-order valence-electron chi connectivity index (χ2n) is 4.56. The van der Waals surface area contributed by atoms with Crippen LogP contribution in [0.3, 0.4) is 0 Å². The smallest absolute Gasteiger partial charge is 0.303 e. The third-order valence-corrected chi connectivity index (χ3v) is 3.15. The fraction of sp³-hybridized carbons (Fsp3) is 0.846. The molecule has 2 unspecified atom stereocenters. The molecule has 0 saturated heterocycles. The molecule has 0 aliphatic heterocycles. The Bertz CT molecular complexity index is 250. The Morgan fingerprint density at radius 3 is 2.39 bits per heavy atom. The van der Waals surface area contributed by atoms with Gasteiger partial charge < -0.3 is 15.3 Å². The van der Waals surface area contributed by atoms with Gasteiger partial charge in [0.1, 0.15) is 5.78 Å². The maximum atomic E-state index is 11.5. The fourth-order valence-corrected chi connectivity index (χ4v) is 2.27. The van der Waals surface area contributed by atoms with E-state index in [1.165, 1.54) is 0 Å². The average Bonchev–Trinajstić information content (AvgIpc) is 2.67. The normalized spacial score (nSPS) is 22.5. The van der Waals surface area contributed by atoms with Gasteiger partial charge in [0.2, 0.25) is 0 Å². The number of carboxylic acids is 1. The summed E-state index contributed by atoms with van der Waals surface area (Å²) >= 11 is 0. The molecule has 0 bridgehead atoms. The van der Waals surface area contributed by atoms with Crippen molar-refractivity contribution in [3.05, 3.63) is 0 Å². The first kappa shape index (κ1) is 17.1. The van der Waals surface area contributed by atoms with Crippen LogP contribution in [0.2, 0.25) is 0 Å². The zero-order valence-electron chi connectivity index (χ0n) is 11.0. The molecule has 5 nitrogen and oxygen atoms in total. The largest absolute Gasteiger partial charge is 0.481 e. The van der Waals surface area contributed by atoms with Crippen LogP contribution in [0.1, 0.15) is 45.4 Å². The van der Waals surface area contributed by atoms with Gasteiger partial charge in [-0.3, -0.25) is 9.59 Å². The Labute approximate surface area is 108 Å². The molecular weight excluding hydrogens is 236 g/mol. The van der Waals surface area contributed by atoms with Crippen molar-refractivity contribution in [3.63, 3.8) is 0 Å². The summed E-state index contributed by atoms with van der Waals surface area (Å²) in [5.41, 5.74) is 0. The summed E-state index contributed by atoms with van der Waals surface area (Å²) in [4.78, 5) is 22.0. The first-order valence-electron chi connectivity index (χ1n) is 6.53. The summed E-state index contributed by atoms with van der Waals surface area (Å²) in [6, 6.07) is 0.